The van der Waals surface area contributed by atoms with Crippen LogP contribution in [0.5, 0.6) is 0 Å². The molecule has 4 nitrogen and oxygen atoms in total. The van der Waals surface area contributed by atoms with Gasteiger partial charge in [-0.3, -0.25) is 9.59 Å². The maximum Gasteiger partial charge on any atom is 0.309 e. The van der Waals surface area contributed by atoms with Crippen molar-refractivity contribution in [2.45, 2.75) is 6.42 Å². The Balaban J connectivity index is 2.79. The number of halogens is 3. The van der Waals surface area contributed by atoms with Crippen LogP contribution < -0.4 is 5.43 Å². The van der Waals surface area contributed by atoms with Crippen LogP contribution in [0.2, 0.25) is 0 Å². The molecule has 1 aromatic heterocycles. The second-order valence-electron chi connectivity index (χ2n) is 3.64. The van der Waals surface area contributed by atoms with Crippen molar-refractivity contribution in [2.75, 3.05) is 0 Å². The van der Waals surface area contributed by atoms with Gasteiger partial charge in [0.2, 0.25) is 0 Å². The van der Waals surface area contributed by atoms with E-state index in [9.17, 15) is 22.8 Å². The fourth-order valence-electron chi connectivity index (χ4n) is 1.60. The predicted octanol–water partition coefficient (Wildman–Crippen LogP) is 1.57. The van der Waals surface area contributed by atoms with Crippen molar-refractivity contribution < 1.29 is 23.1 Å². The first-order chi connectivity index (χ1) is 8.40. The minimum Gasteiger partial charge on any atom is -0.481 e. The predicted molar refractivity (Wildman–Crippen MR) is 55.8 cm³/mol. The van der Waals surface area contributed by atoms with E-state index in [4.69, 9.17) is 5.11 Å². The number of aromatic amines is 1. The first-order valence-corrected chi connectivity index (χ1v) is 4.81. The average molecular weight is 257 g/mol. The van der Waals surface area contributed by atoms with Gasteiger partial charge in [0.15, 0.2) is 22.9 Å². The van der Waals surface area contributed by atoms with Crippen molar-refractivity contribution in [3.63, 3.8) is 0 Å². The molecule has 0 saturated carbocycles. The molecule has 0 amide bonds. The van der Waals surface area contributed by atoms with E-state index in [1.165, 1.54) is 0 Å². The Morgan fingerprint density at radius 1 is 1.22 bits per heavy atom. The molecule has 0 aliphatic rings. The molecule has 2 N–H and O–H groups in total. The highest BCUT2D eigenvalue weighted by molar-refractivity contribution is 5.80. The zero-order valence-corrected chi connectivity index (χ0v) is 8.76. The molecule has 0 aliphatic carbocycles. The largest absolute Gasteiger partial charge is 0.481 e. The number of carboxylic acid groups (broad SMARTS) is 1. The van der Waals surface area contributed by atoms with Gasteiger partial charge < -0.3 is 10.1 Å². The molecule has 1 heterocycles. The van der Waals surface area contributed by atoms with E-state index in [0.29, 0.717) is 6.07 Å². The Morgan fingerprint density at radius 2 is 1.89 bits per heavy atom. The van der Waals surface area contributed by atoms with Crippen molar-refractivity contribution in [1.82, 2.24) is 4.98 Å². The van der Waals surface area contributed by atoms with Crippen LogP contribution in [0.1, 0.15) is 5.69 Å². The fourth-order valence-corrected chi connectivity index (χ4v) is 1.60. The molecule has 0 fully saturated rings. The molecular weight excluding hydrogens is 251 g/mol. The number of benzene rings is 1. The van der Waals surface area contributed by atoms with E-state index >= 15 is 0 Å². The van der Waals surface area contributed by atoms with Gasteiger partial charge in [0.1, 0.15) is 0 Å². The van der Waals surface area contributed by atoms with Crippen LogP contribution in [0, 0.1) is 17.5 Å². The van der Waals surface area contributed by atoms with Gasteiger partial charge in [-0.25, -0.2) is 13.2 Å². The third kappa shape index (κ3) is 1.94. The molecule has 2 aromatic rings. The number of pyridine rings is 1. The van der Waals surface area contributed by atoms with E-state index in [1.54, 1.807) is 0 Å². The van der Waals surface area contributed by atoms with Crippen LogP contribution in [-0.4, -0.2) is 16.1 Å². The summed E-state index contributed by atoms with van der Waals surface area (Å²) in [5.41, 5.74) is -1.42. The van der Waals surface area contributed by atoms with Crippen molar-refractivity contribution in [3.8, 4) is 0 Å². The quantitative estimate of drug-likeness (QED) is 0.802. The number of aliphatic carboxylic acids is 1. The van der Waals surface area contributed by atoms with Crippen LogP contribution in [0.4, 0.5) is 13.2 Å². The molecule has 0 aliphatic heterocycles. The topological polar surface area (TPSA) is 70.2 Å². The lowest BCUT2D eigenvalue weighted by molar-refractivity contribution is -0.136. The van der Waals surface area contributed by atoms with Crippen LogP contribution in [0.25, 0.3) is 10.9 Å². The van der Waals surface area contributed by atoms with E-state index in [1.807, 2.05) is 0 Å². The second kappa shape index (κ2) is 4.17. The summed E-state index contributed by atoms with van der Waals surface area (Å²) < 4.78 is 39.4. The molecule has 2 rings (SSSR count). The number of aromatic nitrogens is 1. The van der Waals surface area contributed by atoms with E-state index in [2.05, 4.69) is 4.98 Å². The highest BCUT2D eigenvalue weighted by Crippen LogP contribution is 2.19. The third-order valence-electron chi connectivity index (χ3n) is 2.36. The molecule has 18 heavy (non-hydrogen) atoms. The summed E-state index contributed by atoms with van der Waals surface area (Å²) in [6.07, 6.45) is -0.552. The molecule has 1 aromatic carbocycles. The SMILES string of the molecule is O=C(O)Cc1cc(=O)c2cc(F)c(F)c(F)c2[nH]1. The zero-order chi connectivity index (χ0) is 13.4. The monoisotopic (exact) mass is 257 g/mol. The number of nitrogens with one attached hydrogen (secondary N) is 1. The summed E-state index contributed by atoms with van der Waals surface area (Å²) in [6.45, 7) is 0. The first kappa shape index (κ1) is 12.2. The Morgan fingerprint density at radius 3 is 2.50 bits per heavy atom. The molecule has 0 bridgehead atoms. The van der Waals surface area contributed by atoms with Crippen molar-refractivity contribution in [2.24, 2.45) is 0 Å². The summed E-state index contributed by atoms with van der Waals surface area (Å²) in [7, 11) is 0. The van der Waals surface area contributed by atoms with Crippen LogP contribution in [0.3, 0.4) is 0 Å². The molecule has 0 radical (unpaired) electrons. The van der Waals surface area contributed by atoms with Gasteiger partial charge in [-0.1, -0.05) is 0 Å². The van der Waals surface area contributed by atoms with E-state index in [-0.39, 0.29) is 11.1 Å². The highest BCUT2D eigenvalue weighted by Gasteiger charge is 2.16. The van der Waals surface area contributed by atoms with E-state index < -0.39 is 40.8 Å². The summed E-state index contributed by atoms with van der Waals surface area (Å²) in [4.78, 5) is 24.3. The summed E-state index contributed by atoms with van der Waals surface area (Å²) in [5, 5.41) is 8.17. The molecule has 7 heteroatoms. The maximum atomic E-state index is 13.4. The van der Waals surface area contributed by atoms with Gasteiger partial charge in [0.25, 0.3) is 0 Å². The number of carboxylic acids is 1. The Bertz CT molecular complexity index is 709. The van der Waals surface area contributed by atoms with Gasteiger partial charge in [-0.2, -0.15) is 0 Å². The zero-order valence-electron chi connectivity index (χ0n) is 8.76. The summed E-state index contributed by atoms with van der Waals surface area (Å²) in [5.74, 6) is -5.98. The maximum absolute atomic E-state index is 13.4. The van der Waals surface area contributed by atoms with Gasteiger partial charge in [-0.05, 0) is 6.07 Å². The Hall–Kier alpha value is -2.31. The normalized spacial score (nSPS) is 10.8. The number of H-pyrrole nitrogens is 1. The third-order valence-corrected chi connectivity index (χ3v) is 2.36. The fraction of sp³-hybridized carbons (Fsp3) is 0.0909. The molecule has 0 atom stereocenters. The van der Waals surface area contributed by atoms with Gasteiger partial charge >= 0.3 is 5.97 Å². The lowest BCUT2D eigenvalue weighted by Crippen LogP contribution is -2.11. The van der Waals surface area contributed by atoms with Crippen LogP contribution in [-0.2, 0) is 11.2 Å². The van der Waals surface area contributed by atoms with Crippen molar-refractivity contribution in [3.05, 3.63) is 45.5 Å². The lowest BCUT2D eigenvalue weighted by Gasteiger charge is -2.04. The minimum absolute atomic E-state index is 0.0927. The van der Waals surface area contributed by atoms with Crippen LogP contribution in [0.15, 0.2) is 16.9 Å². The number of hydrogen-bond acceptors (Lipinski definition) is 2. The molecule has 0 spiro atoms. The van der Waals surface area contributed by atoms with Crippen LogP contribution >= 0.6 is 0 Å². The molecule has 94 valence electrons. The number of hydrogen-bond donors (Lipinski definition) is 2. The average Bonchev–Trinajstić information content (AvgIpc) is 2.27. The summed E-state index contributed by atoms with van der Waals surface area (Å²) >= 11 is 0. The smallest absolute Gasteiger partial charge is 0.309 e. The standard InChI is InChI=1S/C11H6F3NO3/c12-6-3-5-7(16)1-4(2-8(17)18)15-11(5)10(14)9(6)13/h1,3H,2H2,(H,15,16)(H,17,18). The van der Waals surface area contributed by atoms with Crippen molar-refractivity contribution in [1.29, 1.82) is 0 Å². The lowest BCUT2D eigenvalue weighted by atomic mass is 10.1. The minimum atomic E-state index is -1.72. The van der Waals surface area contributed by atoms with Gasteiger partial charge in [-0.15, -0.1) is 0 Å². The number of fused-ring (bicyclic) bond motifs is 1. The molecule has 0 unspecified atom stereocenters. The number of rotatable bonds is 2. The molecular formula is C11H6F3NO3. The van der Waals surface area contributed by atoms with Crippen molar-refractivity contribution >= 4 is 16.9 Å². The second-order valence-corrected chi connectivity index (χ2v) is 3.64. The highest BCUT2D eigenvalue weighted by atomic mass is 19.2. The Labute approximate surface area is 97.7 Å². The van der Waals surface area contributed by atoms with Gasteiger partial charge in [0.05, 0.1) is 17.3 Å². The first-order valence-electron chi connectivity index (χ1n) is 4.81. The number of carbonyl (C=O) groups is 1. The van der Waals surface area contributed by atoms with E-state index in [0.717, 1.165) is 6.07 Å². The molecule has 0 saturated heterocycles. The summed E-state index contributed by atoms with van der Waals surface area (Å²) in [6, 6.07) is 1.48. The van der Waals surface area contributed by atoms with Gasteiger partial charge in [0, 0.05) is 11.8 Å². The Kier molecular flexibility index (Phi) is 2.82.